The lowest BCUT2D eigenvalue weighted by atomic mass is 9.87. The van der Waals surface area contributed by atoms with Gasteiger partial charge in [-0.2, -0.15) is 0 Å². The molecule has 5 nitrogen and oxygen atoms in total. The number of nitrogens with one attached hydrogen (secondary N) is 2. The maximum atomic E-state index is 12.2. The zero-order chi connectivity index (χ0) is 17.0. The van der Waals surface area contributed by atoms with Crippen LogP contribution in [0.2, 0.25) is 0 Å². The fraction of sp³-hybridized carbons (Fsp3) is 0.389. The van der Waals surface area contributed by atoms with E-state index in [2.05, 4.69) is 41.6 Å². The van der Waals surface area contributed by atoms with Gasteiger partial charge in [0.1, 0.15) is 5.82 Å². The number of carbonyl (C=O) groups is 1. The molecular weight excluding hydrogens is 288 g/mol. The van der Waals surface area contributed by atoms with E-state index in [1.54, 1.807) is 12.1 Å². The zero-order valence-corrected chi connectivity index (χ0v) is 14.3. The summed E-state index contributed by atoms with van der Waals surface area (Å²) in [5.74, 6) is 0.932. The third kappa shape index (κ3) is 4.77. The van der Waals surface area contributed by atoms with Crippen LogP contribution in [0.25, 0.3) is 0 Å². The summed E-state index contributed by atoms with van der Waals surface area (Å²) in [6.07, 6.45) is 0. The smallest absolute Gasteiger partial charge is 0.256 e. The number of anilines is 2. The molecule has 122 valence electrons. The molecule has 2 N–H and O–H groups in total. The lowest BCUT2D eigenvalue weighted by Gasteiger charge is -2.19. The van der Waals surface area contributed by atoms with Crippen molar-refractivity contribution in [1.29, 1.82) is 0 Å². The first-order chi connectivity index (χ1) is 10.8. The van der Waals surface area contributed by atoms with Crippen molar-refractivity contribution in [3.63, 3.8) is 0 Å². The summed E-state index contributed by atoms with van der Waals surface area (Å²) in [4.78, 5) is 12.2. The minimum absolute atomic E-state index is 0.0692. The molecule has 0 atom stereocenters. The summed E-state index contributed by atoms with van der Waals surface area (Å²) >= 11 is 0. The minimum Gasteiger partial charge on any atom is -0.366 e. The van der Waals surface area contributed by atoms with E-state index >= 15 is 0 Å². The van der Waals surface area contributed by atoms with E-state index in [0.717, 1.165) is 0 Å². The van der Waals surface area contributed by atoms with Gasteiger partial charge in [0.2, 0.25) is 0 Å². The number of amides is 1. The van der Waals surface area contributed by atoms with Crippen molar-refractivity contribution in [2.24, 2.45) is 0 Å². The van der Waals surface area contributed by atoms with Crippen molar-refractivity contribution in [2.75, 3.05) is 10.6 Å². The maximum Gasteiger partial charge on any atom is 0.256 e. The Morgan fingerprint density at radius 1 is 0.957 bits per heavy atom. The molecule has 0 aliphatic heterocycles. The number of hydrogen-bond donors (Lipinski definition) is 2. The molecule has 0 unspecified atom stereocenters. The van der Waals surface area contributed by atoms with Crippen LogP contribution >= 0.6 is 0 Å². The van der Waals surface area contributed by atoms with Gasteiger partial charge in [-0.3, -0.25) is 4.79 Å². The van der Waals surface area contributed by atoms with E-state index in [4.69, 9.17) is 0 Å². The molecule has 0 spiro atoms. The Hall–Kier alpha value is -2.43. The van der Waals surface area contributed by atoms with Crippen LogP contribution in [0.3, 0.4) is 0 Å². The number of carbonyl (C=O) groups excluding carboxylic acids is 1. The monoisotopic (exact) mass is 312 g/mol. The molecule has 2 rings (SSSR count). The molecule has 0 aliphatic carbocycles. The predicted octanol–water partition coefficient (Wildman–Crippen LogP) is 3.85. The molecule has 5 heteroatoms. The Balaban J connectivity index is 2.04. The first-order valence-electron chi connectivity index (χ1n) is 7.78. The Morgan fingerprint density at radius 2 is 1.52 bits per heavy atom. The summed E-state index contributed by atoms with van der Waals surface area (Å²) < 4.78 is 0. The normalized spacial score (nSPS) is 11.4. The van der Waals surface area contributed by atoms with Crippen LogP contribution in [0.15, 0.2) is 36.4 Å². The fourth-order valence-corrected chi connectivity index (χ4v) is 2.08. The largest absolute Gasteiger partial charge is 0.366 e. The van der Waals surface area contributed by atoms with Crippen molar-refractivity contribution in [3.8, 4) is 0 Å². The molecule has 1 heterocycles. The molecule has 1 aromatic carbocycles. The van der Waals surface area contributed by atoms with E-state index in [9.17, 15) is 4.79 Å². The van der Waals surface area contributed by atoms with Crippen LogP contribution in [-0.4, -0.2) is 22.1 Å². The van der Waals surface area contributed by atoms with Crippen LogP contribution in [0.4, 0.5) is 11.6 Å². The molecule has 23 heavy (non-hydrogen) atoms. The fourth-order valence-electron chi connectivity index (χ4n) is 2.08. The average Bonchev–Trinajstić information content (AvgIpc) is 2.48. The molecule has 0 bridgehead atoms. The van der Waals surface area contributed by atoms with Gasteiger partial charge in [0.15, 0.2) is 5.82 Å². The van der Waals surface area contributed by atoms with Gasteiger partial charge in [-0.05, 0) is 49.1 Å². The lowest BCUT2D eigenvalue weighted by Crippen LogP contribution is -2.16. The van der Waals surface area contributed by atoms with Gasteiger partial charge in [0.05, 0.1) is 0 Å². The highest BCUT2D eigenvalue weighted by Crippen LogP contribution is 2.22. The van der Waals surface area contributed by atoms with Gasteiger partial charge >= 0.3 is 0 Å². The molecular formula is C18H24N4O. The Morgan fingerprint density at radius 3 is 2.00 bits per heavy atom. The van der Waals surface area contributed by atoms with E-state index < -0.39 is 0 Å². The van der Waals surface area contributed by atoms with E-state index in [-0.39, 0.29) is 17.4 Å². The van der Waals surface area contributed by atoms with Gasteiger partial charge in [-0.25, -0.2) is 0 Å². The number of nitrogens with zero attached hydrogens (tertiary/aromatic N) is 2. The predicted molar refractivity (Wildman–Crippen MR) is 93.9 cm³/mol. The second-order valence-corrected chi connectivity index (χ2v) is 6.88. The molecule has 0 aliphatic rings. The number of rotatable bonds is 4. The summed E-state index contributed by atoms with van der Waals surface area (Å²) in [7, 11) is 0. The first kappa shape index (κ1) is 16.9. The van der Waals surface area contributed by atoms with Gasteiger partial charge in [0, 0.05) is 11.6 Å². The second-order valence-electron chi connectivity index (χ2n) is 6.88. The Bertz CT molecular complexity index is 655. The Kier molecular flexibility index (Phi) is 4.98. The first-order valence-corrected chi connectivity index (χ1v) is 7.78. The van der Waals surface area contributed by atoms with Crippen molar-refractivity contribution in [2.45, 2.75) is 46.1 Å². The van der Waals surface area contributed by atoms with Crippen LogP contribution < -0.4 is 10.6 Å². The van der Waals surface area contributed by atoms with Crippen molar-refractivity contribution < 1.29 is 4.79 Å². The van der Waals surface area contributed by atoms with Crippen molar-refractivity contribution in [3.05, 3.63) is 47.5 Å². The van der Waals surface area contributed by atoms with Crippen LogP contribution in [-0.2, 0) is 5.41 Å². The molecule has 1 aromatic heterocycles. The lowest BCUT2D eigenvalue weighted by molar-refractivity contribution is 0.102. The van der Waals surface area contributed by atoms with Crippen LogP contribution in [0, 0.1) is 0 Å². The van der Waals surface area contributed by atoms with Crippen LogP contribution in [0.5, 0.6) is 0 Å². The molecule has 0 saturated carbocycles. The topological polar surface area (TPSA) is 66.9 Å². The van der Waals surface area contributed by atoms with Crippen molar-refractivity contribution >= 4 is 17.5 Å². The Labute approximate surface area is 137 Å². The molecule has 0 radical (unpaired) electrons. The third-order valence-electron chi connectivity index (χ3n) is 3.36. The number of hydrogen-bond acceptors (Lipinski definition) is 4. The van der Waals surface area contributed by atoms with Crippen LogP contribution in [0.1, 0.15) is 50.5 Å². The SMILES string of the molecule is CC(C)Nc1ccc(NC(=O)c2ccc(C(C)(C)C)cc2)nn1. The number of benzene rings is 1. The highest BCUT2D eigenvalue weighted by atomic mass is 16.1. The standard InChI is InChI=1S/C18H24N4O/c1-12(2)19-15-10-11-16(22-21-15)20-17(23)13-6-8-14(9-7-13)18(3,4)5/h6-12H,1-5H3,(H,19,21)(H,20,22,23). The van der Waals surface area contributed by atoms with Gasteiger partial charge in [0.25, 0.3) is 5.91 Å². The maximum absolute atomic E-state index is 12.2. The highest BCUT2D eigenvalue weighted by molar-refractivity contribution is 6.03. The highest BCUT2D eigenvalue weighted by Gasteiger charge is 2.14. The van der Waals surface area contributed by atoms with E-state index in [0.29, 0.717) is 17.2 Å². The second kappa shape index (κ2) is 6.77. The van der Waals surface area contributed by atoms with E-state index in [1.165, 1.54) is 5.56 Å². The molecule has 0 saturated heterocycles. The summed E-state index contributed by atoms with van der Waals surface area (Å²) in [6.45, 7) is 10.5. The molecule has 2 aromatic rings. The zero-order valence-electron chi connectivity index (χ0n) is 14.3. The van der Waals surface area contributed by atoms with Crippen molar-refractivity contribution in [1.82, 2.24) is 10.2 Å². The van der Waals surface area contributed by atoms with E-state index in [1.807, 2.05) is 38.1 Å². The quantitative estimate of drug-likeness (QED) is 0.900. The molecule has 1 amide bonds. The van der Waals surface area contributed by atoms with Gasteiger partial charge in [-0.15, -0.1) is 10.2 Å². The molecule has 0 fully saturated rings. The summed E-state index contributed by atoms with van der Waals surface area (Å²) in [5, 5.41) is 14.0. The minimum atomic E-state index is -0.190. The average molecular weight is 312 g/mol. The third-order valence-corrected chi connectivity index (χ3v) is 3.36. The summed E-state index contributed by atoms with van der Waals surface area (Å²) in [5.41, 5.74) is 1.86. The number of aromatic nitrogens is 2. The van der Waals surface area contributed by atoms with Gasteiger partial charge < -0.3 is 10.6 Å². The van der Waals surface area contributed by atoms with Gasteiger partial charge in [-0.1, -0.05) is 32.9 Å². The summed E-state index contributed by atoms with van der Waals surface area (Å²) in [6, 6.07) is 11.4.